The Balaban J connectivity index is 1.93. The second-order valence-corrected chi connectivity index (χ2v) is 9.89. The molecule has 2 aliphatic rings. The quantitative estimate of drug-likeness (QED) is 0.218. The third-order valence-corrected chi connectivity index (χ3v) is 7.63. The van der Waals surface area contributed by atoms with Crippen molar-refractivity contribution in [3.8, 4) is 0 Å². The molecule has 0 radical (unpaired) electrons. The largest absolute Gasteiger partial charge is 0.467 e. The fourth-order valence-corrected chi connectivity index (χ4v) is 5.94. The molecule has 34 heavy (non-hydrogen) atoms. The molecule has 2 saturated heterocycles. The predicted octanol–water partition coefficient (Wildman–Crippen LogP) is 2.81. The van der Waals surface area contributed by atoms with Crippen LogP contribution in [0.5, 0.6) is 0 Å². The third kappa shape index (κ3) is 6.14. The molecule has 3 atom stereocenters. The topological polar surface area (TPSA) is 112 Å². The summed E-state index contributed by atoms with van der Waals surface area (Å²) in [5.41, 5.74) is 1.000. The Hall–Kier alpha value is -2.05. The minimum absolute atomic E-state index is 0.206. The summed E-state index contributed by atoms with van der Waals surface area (Å²) in [6.45, 7) is 2.45. The fraction of sp³-hybridized carbons (Fsp3) is 0.565. The van der Waals surface area contributed by atoms with Crippen molar-refractivity contribution in [1.82, 2.24) is 4.90 Å². The monoisotopic (exact) mass is 511 g/mol. The first-order valence-electron chi connectivity index (χ1n) is 11.1. The molecular formula is C23H29NO8S2. The van der Waals surface area contributed by atoms with E-state index in [4.69, 9.17) is 31.7 Å². The number of thiocarbonyl (C=S) groups is 1. The van der Waals surface area contributed by atoms with Gasteiger partial charge in [-0.3, -0.25) is 9.69 Å². The summed E-state index contributed by atoms with van der Waals surface area (Å²) in [7, 11) is 1.28. The highest BCUT2D eigenvalue weighted by atomic mass is 32.2. The molecule has 0 spiro atoms. The zero-order valence-electron chi connectivity index (χ0n) is 19.1. The van der Waals surface area contributed by atoms with Crippen molar-refractivity contribution in [3.05, 3.63) is 35.9 Å². The normalized spacial score (nSPS) is 21.2. The number of carbonyl (C=O) groups is 3. The Morgan fingerprint density at radius 2 is 1.94 bits per heavy atom. The number of amides is 1. The molecule has 9 nitrogen and oxygen atoms in total. The molecule has 1 N–H and O–H groups in total. The first-order chi connectivity index (χ1) is 16.3. The van der Waals surface area contributed by atoms with E-state index in [2.05, 4.69) is 4.89 Å². The number of hydrogen-bond acceptors (Lipinski definition) is 10. The number of hydrogen-bond donors (Lipinski definition) is 1. The molecule has 2 fully saturated rings. The van der Waals surface area contributed by atoms with E-state index in [1.165, 1.54) is 23.8 Å². The van der Waals surface area contributed by atoms with Gasteiger partial charge in [-0.1, -0.05) is 61.2 Å². The van der Waals surface area contributed by atoms with Crippen LogP contribution in [-0.2, 0) is 39.9 Å². The highest BCUT2D eigenvalue weighted by Crippen LogP contribution is 2.38. The van der Waals surface area contributed by atoms with Crippen LogP contribution < -0.4 is 0 Å². The molecule has 0 aromatic heterocycles. The molecule has 0 bridgehead atoms. The van der Waals surface area contributed by atoms with Crippen LogP contribution in [-0.4, -0.2) is 70.2 Å². The van der Waals surface area contributed by atoms with E-state index in [1.807, 2.05) is 37.3 Å². The van der Waals surface area contributed by atoms with Crippen molar-refractivity contribution in [2.24, 2.45) is 11.8 Å². The van der Waals surface area contributed by atoms with Crippen molar-refractivity contribution in [2.75, 3.05) is 26.1 Å². The molecule has 1 unspecified atom stereocenters. The molecule has 186 valence electrons. The zero-order chi connectivity index (χ0) is 24.7. The number of esters is 1. The van der Waals surface area contributed by atoms with Gasteiger partial charge in [-0.2, -0.15) is 5.26 Å². The lowest BCUT2D eigenvalue weighted by atomic mass is 9.79. The minimum Gasteiger partial charge on any atom is -0.467 e. The first-order valence-corrected chi connectivity index (χ1v) is 12.5. The average Bonchev–Trinajstić information content (AvgIpc) is 3.45. The standard InChI is InChI=1S/C23H29NO8S2/c1-3-17(20(26)24-18(21(27)29-2)14-34-22(24)33)16(11-15-7-5-4-6-8-15)12-23(13-19(25)32-28)30-9-10-31-23/h4-8,16-18,28H,3,9-14H2,1-2H3/t16-,17?,18+/m1/s1. The second-order valence-electron chi connectivity index (χ2n) is 8.24. The average molecular weight is 512 g/mol. The van der Waals surface area contributed by atoms with Crippen LogP contribution in [0.2, 0.25) is 0 Å². The van der Waals surface area contributed by atoms with Gasteiger partial charge in [0.25, 0.3) is 0 Å². The van der Waals surface area contributed by atoms with Crippen LogP contribution >= 0.6 is 24.0 Å². The highest BCUT2D eigenvalue weighted by molar-refractivity contribution is 8.23. The van der Waals surface area contributed by atoms with E-state index < -0.39 is 29.7 Å². The maximum atomic E-state index is 13.8. The van der Waals surface area contributed by atoms with Gasteiger partial charge in [0.05, 0.1) is 20.3 Å². The first kappa shape index (κ1) is 26.6. The van der Waals surface area contributed by atoms with E-state index in [1.54, 1.807) is 0 Å². The Labute approximate surface area is 208 Å². The SMILES string of the molecule is CCC(C(=O)N1C(=S)SC[C@H]1C(=O)OC)[C@H](Cc1ccccc1)CC1(CC(=O)OO)OCCO1. The van der Waals surface area contributed by atoms with Gasteiger partial charge in [-0.05, 0) is 24.3 Å². The van der Waals surface area contributed by atoms with Gasteiger partial charge in [-0.25, -0.2) is 9.59 Å². The fourth-order valence-electron chi connectivity index (χ4n) is 4.58. The van der Waals surface area contributed by atoms with Crippen molar-refractivity contribution < 1.29 is 38.7 Å². The smallest absolute Gasteiger partial charge is 0.347 e. The zero-order valence-corrected chi connectivity index (χ0v) is 20.8. The molecule has 11 heteroatoms. The summed E-state index contributed by atoms with van der Waals surface area (Å²) in [5, 5.41) is 8.82. The second kappa shape index (κ2) is 12.1. The molecule has 0 aliphatic carbocycles. The molecular weight excluding hydrogens is 482 g/mol. The van der Waals surface area contributed by atoms with Crippen LogP contribution in [0.3, 0.4) is 0 Å². The number of nitrogens with zero attached hydrogens (tertiary/aromatic N) is 1. The van der Waals surface area contributed by atoms with Crippen LogP contribution in [0.1, 0.15) is 31.7 Å². The van der Waals surface area contributed by atoms with Gasteiger partial charge in [0.15, 0.2) is 5.79 Å². The molecule has 2 heterocycles. The number of benzene rings is 1. The maximum absolute atomic E-state index is 13.8. The van der Waals surface area contributed by atoms with E-state index in [-0.39, 0.29) is 37.9 Å². The summed E-state index contributed by atoms with van der Waals surface area (Å²) in [6.07, 6.45) is 0.860. The lowest BCUT2D eigenvalue weighted by Crippen LogP contribution is -2.49. The molecule has 2 aliphatic heterocycles. The number of rotatable bonds is 10. The van der Waals surface area contributed by atoms with E-state index in [0.717, 1.165) is 5.56 Å². The molecule has 3 rings (SSSR count). The van der Waals surface area contributed by atoms with Crippen molar-refractivity contribution in [1.29, 1.82) is 0 Å². The number of methoxy groups -OCH3 is 1. The van der Waals surface area contributed by atoms with Gasteiger partial charge in [-0.15, -0.1) is 0 Å². The van der Waals surface area contributed by atoms with Gasteiger partial charge in [0.2, 0.25) is 5.91 Å². The summed E-state index contributed by atoms with van der Waals surface area (Å²) in [6, 6.07) is 8.88. The Morgan fingerprint density at radius 1 is 1.26 bits per heavy atom. The molecule has 1 aromatic rings. The molecule has 1 amide bonds. The highest BCUT2D eigenvalue weighted by Gasteiger charge is 2.47. The van der Waals surface area contributed by atoms with Gasteiger partial charge >= 0.3 is 11.9 Å². The number of ether oxygens (including phenoxy) is 3. The van der Waals surface area contributed by atoms with Crippen LogP contribution in [0.4, 0.5) is 0 Å². The Bertz CT molecular complexity index is 890. The van der Waals surface area contributed by atoms with Crippen molar-refractivity contribution in [3.63, 3.8) is 0 Å². The number of thioether (sulfide) groups is 1. The number of carbonyl (C=O) groups excluding carboxylic acids is 3. The van der Waals surface area contributed by atoms with Crippen molar-refractivity contribution >= 4 is 46.1 Å². The van der Waals surface area contributed by atoms with Gasteiger partial charge < -0.3 is 19.1 Å². The summed E-state index contributed by atoms with van der Waals surface area (Å²) in [5.74, 6) is -3.52. The summed E-state index contributed by atoms with van der Waals surface area (Å²) < 4.78 is 16.9. The lowest BCUT2D eigenvalue weighted by Gasteiger charge is -2.36. The van der Waals surface area contributed by atoms with Gasteiger partial charge in [0.1, 0.15) is 16.8 Å². The Kier molecular flexibility index (Phi) is 9.43. The van der Waals surface area contributed by atoms with Crippen LogP contribution in [0, 0.1) is 11.8 Å². The van der Waals surface area contributed by atoms with Crippen LogP contribution in [0.25, 0.3) is 0 Å². The molecule has 0 saturated carbocycles. The Morgan fingerprint density at radius 3 is 2.53 bits per heavy atom. The van der Waals surface area contributed by atoms with E-state index in [0.29, 0.717) is 22.9 Å². The third-order valence-electron chi connectivity index (χ3n) is 6.15. The minimum atomic E-state index is -1.32. The lowest BCUT2D eigenvalue weighted by molar-refractivity contribution is -0.249. The van der Waals surface area contributed by atoms with Gasteiger partial charge in [0, 0.05) is 18.1 Å². The molecule has 1 aromatic carbocycles. The van der Waals surface area contributed by atoms with Crippen LogP contribution in [0.15, 0.2) is 30.3 Å². The summed E-state index contributed by atoms with van der Waals surface area (Å²) in [4.78, 5) is 43.3. The van der Waals surface area contributed by atoms with E-state index >= 15 is 0 Å². The summed E-state index contributed by atoms with van der Waals surface area (Å²) >= 11 is 6.67. The van der Waals surface area contributed by atoms with E-state index in [9.17, 15) is 14.4 Å². The maximum Gasteiger partial charge on any atom is 0.347 e. The van der Waals surface area contributed by atoms with Crippen molar-refractivity contribution in [2.45, 2.75) is 44.4 Å². The predicted molar refractivity (Wildman–Crippen MR) is 128 cm³/mol.